The predicted molar refractivity (Wildman–Crippen MR) is 73.2 cm³/mol. The Bertz CT molecular complexity index is 354. The summed E-state index contributed by atoms with van der Waals surface area (Å²) in [5, 5.41) is 3.51. The highest BCUT2D eigenvalue weighted by Crippen LogP contribution is 2.30. The maximum atomic E-state index is 3.51. The zero-order valence-electron chi connectivity index (χ0n) is 11.2. The Morgan fingerprint density at radius 3 is 2.59 bits per heavy atom. The summed E-state index contributed by atoms with van der Waals surface area (Å²) in [4.78, 5) is 2.43. The molecule has 0 bridgehead atoms. The maximum Gasteiger partial charge on any atom is 0.0347 e. The maximum absolute atomic E-state index is 3.51. The first kappa shape index (κ1) is 12.6. The Morgan fingerprint density at radius 2 is 2.00 bits per heavy atom. The lowest BCUT2D eigenvalue weighted by Gasteiger charge is -2.34. The minimum atomic E-state index is 0.517. The van der Waals surface area contributed by atoms with Crippen molar-refractivity contribution < 1.29 is 0 Å². The summed E-state index contributed by atoms with van der Waals surface area (Å²) in [5.74, 6) is 0.776. The normalized spacial score (nSPS) is 20.4. The second-order valence-corrected chi connectivity index (χ2v) is 5.32. The van der Waals surface area contributed by atoms with Gasteiger partial charge in [-0.1, -0.05) is 29.8 Å². The van der Waals surface area contributed by atoms with Crippen LogP contribution in [0.5, 0.6) is 0 Å². The van der Waals surface area contributed by atoms with Gasteiger partial charge in [0.25, 0.3) is 0 Å². The molecule has 0 aromatic heterocycles. The van der Waals surface area contributed by atoms with Gasteiger partial charge in [-0.05, 0) is 58.4 Å². The molecule has 0 spiro atoms. The fourth-order valence-electron chi connectivity index (χ4n) is 2.90. The molecule has 17 heavy (non-hydrogen) atoms. The van der Waals surface area contributed by atoms with Gasteiger partial charge in [-0.15, -0.1) is 0 Å². The third-order valence-electron chi connectivity index (χ3n) is 3.95. The molecule has 0 saturated carbocycles. The van der Waals surface area contributed by atoms with E-state index in [1.165, 1.54) is 37.1 Å². The first-order valence-electron chi connectivity index (χ1n) is 6.63. The predicted octanol–water partition coefficient (Wildman–Crippen LogP) is 2.60. The molecule has 2 nitrogen and oxygen atoms in total. The molecule has 1 N–H and O–H groups in total. The molecule has 1 aromatic carbocycles. The third kappa shape index (κ3) is 3.08. The van der Waals surface area contributed by atoms with E-state index in [1.54, 1.807) is 0 Å². The van der Waals surface area contributed by atoms with E-state index >= 15 is 0 Å². The van der Waals surface area contributed by atoms with Gasteiger partial charge >= 0.3 is 0 Å². The molecule has 1 atom stereocenters. The summed E-state index contributed by atoms with van der Waals surface area (Å²) in [7, 11) is 4.31. The molecule has 1 aliphatic heterocycles. The standard InChI is InChI=1S/C15H24N2/c1-12-5-4-6-14(11-12)15(16-2)13-7-9-17(3)10-8-13/h4-6,11,13,15-16H,7-10H2,1-3H3. The van der Waals surface area contributed by atoms with Gasteiger partial charge in [0.05, 0.1) is 0 Å². The van der Waals surface area contributed by atoms with Crippen LogP contribution in [-0.4, -0.2) is 32.1 Å². The number of nitrogens with zero attached hydrogens (tertiary/aromatic N) is 1. The molecule has 0 aliphatic carbocycles. The summed E-state index contributed by atoms with van der Waals surface area (Å²) in [6, 6.07) is 9.43. The van der Waals surface area contributed by atoms with Crippen LogP contribution in [0.2, 0.25) is 0 Å². The second-order valence-electron chi connectivity index (χ2n) is 5.32. The number of nitrogens with one attached hydrogen (secondary N) is 1. The van der Waals surface area contributed by atoms with Crippen LogP contribution in [0, 0.1) is 12.8 Å². The van der Waals surface area contributed by atoms with Crippen LogP contribution in [-0.2, 0) is 0 Å². The van der Waals surface area contributed by atoms with Crippen molar-refractivity contribution in [2.45, 2.75) is 25.8 Å². The van der Waals surface area contributed by atoms with Crippen molar-refractivity contribution in [1.29, 1.82) is 0 Å². The lowest BCUT2D eigenvalue weighted by Crippen LogP contribution is -2.36. The van der Waals surface area contributed by atoms with Crippen LogP contribution in [0.1, 0.15) is 30.0 Å². The van der Waals surface area contributed by atoms with E-state index in [4.69, 9.17) is 0 Å². The van der Waals surface area contributed by atoms with Gasteiger partial charge in [0, 0.05) is 6.04 Å². The minimum absolute atomic E-state index is 0.517. The van der Waals surface area contributed by atoms with Crippen LogP contribution < -0.4 is 5.32 Å². The van der Waals surface area contributed by atoms with Crippen molar-refractivity contribution in [1.82, 2.24) is 10.2 Å². The van der Waals surface area contributed by atoms with Gasteiger partial charge in [-0.2, -0.15) is 0 Å². The zero-order valence-corrected chi connectivity index (χ0v) is 11.2. The van der Waals surface area contributed by atoms with Crippen molar-refractivity contribution >= 4 is 0 Å². The fraction of sp³-hybridized carbons (Fsp3) is 0.600. The summed E-state index contributed by atoms with van der Waals surface area (Å²) in [6.45, 7) is 4.63. The molecule has 1 unspecified atom stereocenters. The third-order valence-corrected chi connectivity index (χ3v) is 3.95. The summed E-state index contributed by atoms with van der Waals surface area (Å²) in [6.07, 6.45) is 2.60. The first-order chi connectivity index (χ1) is 8.20. The van der Waals surface area contributed by atoms with Crippen molar-refractivity contribution in [2.24, 2.45) is 5.92 Å². The van der Waals surface area contributed by atoms with E-state index in [0.717, 1.165) is 5.92 Å². The Morgan fingerprint density at radius 1 is 1.29 bits per heavy atom. The summed E-state index contributed by atoms with van der Waals surface area (Å²) >= 11 is 0. The van der Waals surface area contributed by atoms with E-state index < -0.39 is 0 Å². The quantitative estimate of drug-likeness (QED) is 0.862. The van der Waals surface area contributed by atoms with Crippen molar-refractivity contribution in [3.63, 3.8) is 0 Å². The average molecular weight is 232 g/mol. The van der Waals surface area contributed by atoms with Crippen LogP contribution in [0.3, 0.4) is 0 Å². The van der Waals surface area contributed by atoms with E-state index in [2.05, 4.69) is 55.5 Å². The largest absolute Gasteiger partial charge is 0.313 e. The molecule has 1 saturated heterocycles. The lowest BCUT2D eigenvalue weighted by molar-refractivity contribution is 0.188. The van der Waals surface area contributed by atoms with E-state index in [-0.39, 0.29) is 0 Å². The summed E-state index contributed by atoms with van der Waals surface area (Å²) < 4.78 is 0. The molecule has 2 heteroatoms. The number of likely N-dealkylation sites (tertiary alicyclic amines) is 1. The second kappa shape index (κ2) is 5.65. The summed E-state index contributed by atoms with van der Waals surface area (Å²) in [5.41, 5.74) is 2.80. The highest BCUT2D eigenvalue weighted by Gasteiger charge is 2.25. The van der Waals surface area contributed by atoms with Gasteiger partial charge in [-0.3, -0.25) is 0 Å². The fourth-order valence-corrected chi connectivity index (χ4v) is 2.90. The molecule has 0 amide bonds. The van der Waals surface area contributed by atoms with E-state index in [9.17, 15) is 0 Å². The number of hydrogen-bond donors (Lipinski definition) is 1. The van der Waals surface area contributed by atoms with E-state index in [1.807, 2.05) is 0 Å². The highest BCUT2D eigenvalue weighted by molar-refractivity contribution is 5.25. The number of piperidine rings is 1. The number of benzene rings is 1. The van der Waals surface area contributed by atoms with Crippen molar-refractivity contribution in [2.75, 3.05) is 27.2 Å². The molecule has 1 aliphatic rings. The van der Waals surface area contributed by atoms with Gasteiger partial charge in [0.1, 0.15) is 0 Å². The monoisotopic (exact) mass is 232 g/mol. The van der Waals surface area contributed by atoms with Crippen molar-refractivity contribution in [3.05, 3.63) is 35.4 Å². The molecule has 94 valence electrons. The molecule has 1 fully saturated rings. The first-order valence-corrected chi connectivity index (χ1v) is 6.63. The average Bonchev–Trinajstić information content (AvgIpc) is 2.33. The Balaban J connectivity index is 2.10. The Labute approximate surface area is 105 Å². The molecular formula is C15H24N2. The Kier molecular flexibility index (Phi) is 4.19. The number of rotatable bonds is 3. The van der Waals surface area contributed by atoms with Crippen molar-refractivity contribution in [3.8, 4) is 0 Å². The van der Waals surface area contributed by atoms with Crippen LogP contribution in [0.4, 0.5) is 0 Å². The lowest BCUT2D eigenvalue weighted by atomic mass is 9.85. The van der Waals surface area contributed by atoms with E-state index in [0.29, 0.717) is 6.04 Å². The Hall–Kier alpha value is -0.860. The number of aryl methyl sites for hydroxylation is 1. The van der Waals surface area contributed by atoms with Gasteiger partial charge in [0.15, 0.2) is 0 Å². The number of hydrogen-bond acceptors (Lipinski definition) is 2. The molecule has 1 aromatic rings. The minimum Gasteiger partial charge on any atom is -0.313 e. The van der Waals surface area contributed by atoms with Crippen LogP contribution in [0.25, 0.3) is 0 Å². The molecular weight excluding hydrogens is 208 g/mol. The van der Waals surface area contributed by atoms with Gasteiger partial charge in [0.2, 0.25) is 0 Å². The SMILES string of the molecule is CNC(c1cccc(C)c1)C1CCN(C)CC1. The van der Waals surface area contributed by atoms with Gasteiger partial charge in [-0.25, -0.2) is 0 Å². The smallest absolute Gasteiger partial charge is 0.0347 e. The topological polar surface area (TPSA) is 15.3 Å². The molecule has 2 rings (SSSR count). The molecule has 0 radical (unpaired) electrons. The highest BCUT2D eigenvalue weighted by atomic mass is 15.1. The van der Waals surface area contributed by atoms with Crippen LogP contribution in [0.15, 0.2) is 24.3 Å². The zero-order chi connectivity index (χ0) is 12.3. The molecule has 1 heterocycles. The van der Waals surface area contributed by atoms with Gasteiger partial charge < -0.3 is 10.2 Å². The van der Waals surface area contributed by atoms with Crippen LogP contribution >= 0.6 is 0 Å².